The number of hydrogen-bond donors (Lipinski definition) is 1. The third-order valence-corrected chi connectivity index (χ3v) is 4.44. The number of carbonyl (C=O) groups is 1. The third kappa shape index (κ3) is 4.01. The van der Waals surface area contributed by atoms with Crippen LogP contribution in [0.2, 0.25) is 0 Å². The number of para-hydroxylation sites is 1. The van der Waals surface area contributed by atoms with E-state index in [-0.39, 0.29) is 0 Å². The molecule has 23 heavy (non-hydrogen) atoms. The number of benzene rings is 1. The maximum atomic E-state index is 12.0. The topological polar surface area (TPSA) is 45.2 Å². The van der Waals surface area contributed by atoms with Crippen molar-refractivity contribution in [1.82, 2.24) is 9.88 Å². The van der Waals surface area contributed by atoms with Crippen LogP contribution in [0.5, 0.6) is 0 Å². The van der Waals surface area contributed by atoms with Crippen molar-refractivity contribution in [2.24, 2.45) is 0 Å². The van der Waals surface area contributed by atoms with E-state index in [1.807, 2.05) is 30.0 Å². The number of pyridine rings is 1. The quantitative estimate of drug-likeness (QED) is 0.855. The van der Waals surface area contributed by atoms with Crippen molar-refractivity contribution in [3.8, 4) is 0 Å². The Morgan fingerprint density at radius 1 is 1.22 bits per heavy atom. The number of carbonyl (C=O) groups excluding carboxylic acids is 1. The van der Waals surface area contributed by atoms with Crippen molar-refractivity contribution in [2.75, 3.05) is 25.0 Å². The summed E-state index contributed by atoms with van der Waals surface area (Å²) in [4.78, 5) is 18.6. The van der Waals surface area contributed by atoms with Gasteiger partial charge in [-0.1, -0.05) is 24.6 Å². The van der Waals surface area contributed by atoms with E-state index in [0.29, 0.717) is 5.91 Å². The van der Waals surface area contributed by atoms with Crippen LogP contribution in [0.15, 0.2) is 30.3 Å². The Hall–Kier alpha value is -2.10. The predicted octanol–water partition coefficient (Wildman–Crippen LogP) is 3.75. The summed E-state index contributed by atoms with van der Waals surface area (Å²) in [6, 6.07) is 10.3. The molecule has 0 bridgehead atoms. The summed E-state index contributed by atoms with van der Waals surface area (Å²) in [5.74, 6) is 0.327. The first kappa shape index (κ1) is 15.8. The molecule has 0 unspecified atom stereocenters. The summed E-state index contributed by atoms with van der Waals surface area (Å²) < 4.78 is 0. The smallest absolute Gasteiger partial charge is 0.222 e. The molecule has 1 aliphatic heterocycles. The number of aromatic nitrogens is 1. The first-order valence-electron chi connectivity index (χ1n) is 8.62. The molecule has 1 N–H and O–H groups in total. The van der Waals surface area contributed by atoms with Gasteiger partial charge in [0.15, 0.2) is 0 Å². The molecule has 1 aliphatic rings. The van der Waals surface area contributed by atoms with Gasteiger partial charge in [-0.3, -0.25) is 9.78 Å². The van der Waals surface area contributed by atoms with E-state index in [4.69, 9.17) is 0 Å². The van der Waals surface area contributed by atoms with E-state index in [1.165, 1.54) is 6.42 Å². The van der Waals surface area contributed by atoms with Crippen LogP contribution in [-0.2, 0) is 4.79 Å². The predicted molar refractivity (Wildman–Crippen MR) is 94.6 cm³/mol. The van der Waals surface area contributed by atoms with E-state index in [9.17, 15) is 4.79 Å². The molecule has 1 aromatic heterocycles. The highest BCUT2D eigenvalue weighted by molar-refractivity contribution is 5.91. The van der Waals surface area contributed by atoms with Gasteiger partial charge < -0.3 is 10.2 Å². The summed E-state index contributed by atoms with van der Waals surface area (Å²) in [6.07, 6.45) is 5.08. The van der Waals surface area contributed by atoms with Crippen molar-refractivity contribution in [3.05, 3.63) is 36.0 Å². The highest BCUT2D eigenvalue weighted by Crippen LogP contribution is 2.22. The summed E-state index contributed by atoms with van der Waals surface area (Å²) in [5.41, 5.74) is 3.18. The van der Waals surface area contributed by atoms with Crippen LogP contribution in [0, 0.1) is 6.92 Å². The lowest BCUT2D eigenvalue weighted by molar-refractivity contribution is -0.130. The molecule has 4 heteroatoms. The van der Waals surface area contributed by atoms with Gasteiger partial charge in [0.25, 0.3) is 0 Å². The number of hydrogen-bond acceptors (Lipinski definition) is 3. The Bertz CT molecular complexity index is 683. The Balaban J connectivity index is 1.57. The molecular weight excluding hydrogens is 286 g/mol. The minimum absolute atomic E-state index is 0.327. The van der Waals surface area contributed by atoms with E-state index in [2.05, 4.69) is 22.4 Å². The van der Waals surface area contributed by atoms with Gasteiger partial charge in [-0.2, -0.15) is 0 Å². The fraction of sp³-hybridized carbons (Fsp3) is 0.474. The average Bonchev–Trinajstić information content (AvgIpc) is 2.76. The second-order valence-electron chi connectivity index (χ2n) is 6.30. The molecule has 0 radical (unpaired) electrons. The molecule has 1 amide bonds. The number of nitrogens with zero attached hydrogens (tertiary/aromatic N) is 2. The lowest BCUT2D eigenvalue weighted by Crippen LogP contribution is -2.32. The van der Waals surface area contributed by atoms with E-state index < -0.39 is 0 Å². The maximum Gasteiger partial charge on any atom is 0.222 e. The van der Waals surface area contributed by atoms with Gasteiger partial charge >= 0.3 is 0 Å². The lowest BCUT2D eigenvalue weighted by atomic mass is 10.1. The Kier molecular flexibility index (Phi) is 5.11. The van der Waals surface area contributed by atoms with Crippen molar-refractivity contribution in [2.45, 2.75) is 39.0 Å². The highest BCUT2D eigenvalue weighted by Gasteiger charge is 2.15. The van der Waals surface area contributed by atoms with E-state index in [1.54, 1.807) is 0 Å². The van der Waals surface area contributed by atoms with Crippen molar-refractivity contribution < 1.29 is 4.79 Å². The molecule has 3 rings (SSSR count). The van der Waals surface area contributed by atoms with E-state index >= 15 is 0 Å². The normalized spacial score (nSPS) is 15.7. The molecule has 0 spiro atoms. The zero-order chi connectivity index (χ0) is 16.1. The van der Waals surface area contributed by atoms with Gasteiger partial charge in [0.05, 0.1) is 5.52 Å². The van der Waals surface area contributed by atoms with Crippen LogP contribution in [0.1, 0.15) is 37.8 Å². The van der Waals surface area contributed by atoms with Crippen LogP contribution < -0.4 is 5.32 Å². The highest BCUT2D eigenvalue weighted by atomic mass is 16.2. The molecule has 1 saturated heterocycles. The zero-order valence-electron chi connectivity index (χ0n) is 13.8. The molecule has 0 atom stereocenters. The average molecular weight is 311 g/mol. The van der Waals surface area contributed by atoms with Crippen LogP contribution in [0.3, 0.4) is 0 Å². The zero-order valence-corrected chi connectivity index (χ0v) is 13.8. The van der Waals surface area contributed by atoms with Gasteiger partial charge in [0, 0.05) is 42.8 Å². The number of nitrogens with one attached hydrogen (secondary N) is 1. The Labute approximate surface area is 137 Å². The van der Waals surface area contributed by atoms with Crippen LogP contribution in [0.25, 0.3) is 10.9 Å². The van der Waals surface area contributed by atoms with Crippen molar-refractivity contribution >= 4 is 22.5 Å². The van der Waals surface area contributed by atoms with Crippen LogP contribution in [-0.4, -0.2) is 35.4 Å². The largest absolute Gasteiger partial charge is 0.384 e. The first-order chi connectivity index (χ1) is 11.2. The molecule has 0 saturated carbocycles. The van der Waals surface area contributed by atoms with Gasteiger partial charge in [-0.15, -0.1) is 0 Å². The number of fused-ring (bicyclic) bond motifs is 1. The molecule has 1 fully saturated rings. The third-order valence-electron chi connectivity index (χ3n) is 4.44. The van der Waals surface area contributed by atoms with Crippen molar-refractivity contribution in [3.63, 3.8) is 0 Å². The monoisotopic (exact) mass is 311 g/mol. The van der Waals surface area contributed by atoms with Crippen molar-refractivity contribution in [1.29, 1.82) is 0 Å². The summed E-state index contributed by atoms with van der Waals surface area (Å²) in [7, 11) is 0. The lowest BCUT2D eigenvalue weighted by Gasteiger charge is -2.20. The molecular formula is C19H25N3O. The van der Waals surface area contributed by atoms with Gasteiger partial charge in [0.2, 0.25) is 5.91 Å². The molecule has 0 aliphatic carbocycles. The minimum Gasteiger partial charge on any atom is -0.384 e. The van der Waals surface area contributed by atoms with Crippen LogP contribution >= 0.6 is 0 Å². The number of rotatable bonds is 5. The Morgan fingerprint density at radius 2 is 2.09 bits per heavy atom. The molecule has 2 heterocycles. The molecule has 2 aromatic rings. The second kappa shape index (κ2) is 7.44. The molecule has 1 aromatic carbocycles. The summed E-state index contributed by atoms with van der Waals surface area (Å²) in [5, 5.41) is 4.68. The number of amides is 1. The van der Waals surface area contributed by atoms with Gasteiger partial charge in [-0.05, 0) is 38.3 Å². The fourth-order valence-electron chi connectivity index (χ4n) is 3.22. The second-order valence-corrected chi connectivity index (χ2v) is 6.30. The fourth-order valence-corrected chi connectivity index (χ4v) is 3.22. The Morgan fingerprint density at radius 3 is 3.00 bits per heavy atom. The first-order valence-corrected chi connectivity index (χ1v) is 8.62. The summed E-state index contributed by atoms with van der Waals surface area (Å²) in [6.45, 7) is 4.68. The standard InChI is InChI=1S/C19H25N3O/c1-15-14-18(16-8-4-5-9-17(16)21-15)20-11-7-13-22-12-6-2-3-10-19(22)23/h4-5,8-9,14H,2-3,6-7,10-13H2,1H3,(H,20,21). The number of likely N-dealkylation sites (tertiary alicyclic amines) is 1. The van der Waals surface area contributed by atoms with Gasteiger partial charge in [-0.25, -0.2) is 0 Å². The minimum atomic E-state index is 0.327. The van der Waals surface area contributed by atoms with Gasteiger partial charge in [0.1, 0.15) is 0 Å². The van der Waals surface area contributed by atoms with Crippen LogP contribution in [0.4, 0.5) is 5.69 Å². The molecule has 122 valence electrons. The molecule has 4 nitrogen and oxygen atoms in total. The number of aryl methyl sites for hydroxylation is 1. The number of anilines is 1. The maximum absolute atomic E-state index is 12.0. The van der Waals surface area contributed by atoms with E-state index in [0.717, 1.165) is 67.6 Å². The SMILES string of the molecule is Cc1cc(NCCCN2CCCCCC2=O)c2ccccc2n1. The summed E-state index contributed by atoms with van der Waals surface area (Å²) >= 11 is 0.